The van der Waals surface area contributed by atoms with Gasteiger partial charge in [0, 0.05) is 19.8 Å². The van der Waals surface area contributed by atoms with Crippen LogP contribution in [0.15, 0.2) is 170 Å². The maximum Gasteiger partial charge on any atom is 0.326 e. The van der Waals surface area contributed by atoms with Gasteiger partial charge in [0.1, 0.15) is 42.8 Å². The van der Waals surface area contributed by atoms with Crippen LogP contribution in [0.1, 0.15) is 45.9 Å². The van der Waals surface area contributed by atoms with Gasteiger partial charge in [-0.2, -0.15) is 0 Å². The number of rotatable bonds is 22. The molecule has 1 unspecified atom stereocenters. The largest absolute Gasteiger partial charge is 0.489 e. The number of carbonyl (C=O) groups is 2. The van der Waals surface area contributed by atoms with Crippen LogP contribution in [0.25, 0.3) is 0 Å². The van der Waals surface area contributed by atoms with Crippen molar-refractivity contribution in [3.63, 3.8) is 0 Å². The van der Waals surface area contributed by atoms with E-state index >= 15 is 0 Å². The maximum atomic E-state index is 12.2. The zero-order chi connectivity index (χ0) is 43.6. The summed E-state index contributed by atoms with van der Waals surface area (Å²) in [5.41, 5.74) is 6.54. The summed E-state index contributed by atoms with van der Waals surface area (Å²) in [6, 6.07) is 54.5. The number of hydrogen-bond acceptors (Lipinski definition) is 8. The fraction of sp³-hybridized carbons (Fsp3) is 0.283. The van der Waals surface area contributed by atoms with Crippen LogP contribution in [0.5, 0.6) is 5.75 Å². The minimum absolute atomic E-state index is 0.0658. The highest BCUT2D eigenvalue weighted by Gasteiger charge is 2.48. The Hall–Kier alpha value is -6.14. The van der Waals surface area contributed by atoms with Gasteiger partial charge >= 0.3 is 5.97 Å². The predicted octanol–water partition coefficient (Wildman–Crippen LogP) is 8.68. The summed E-state index contributed by atoms with van der Waals surface area (Å²) in [5.74, 6) is -0.982. The van der Waals surface area contributed by atoms with E-state index in [2.05, 4.69) is 5.32 Å². The van der Waals surface area contributed by atoms with Gasteiger partial charge in [0.05, 0.1) is 39.1 Å². The van der Waals surface area contributed by atoms with Crippen molar-refractivity contribution >= 4 is 11.9 Å². The molecule has 0 aliphatic carbocycles. The molecular formula is C53H55NO9. The molecule has 0 spiro atoms. The smallest absolute Gasteiger partial charge is 0.326 e. The molecule has 10 heteroatoms. The average Bonchev–Trinajstić information content (AvgIpc) is 3.31. The number of amides is 1. The highest BCUT2D eigenvalue weighted by molar-refractivity contribution is 5.82. The molecular weight excluding hydrogens is 795 g/mol. The molecule has 1 aliphatic rings. The molecule has 6 atom stereocenters. The van der Waals surface area contributed by atoms with Gasteiger partial charge in [-0.05, 0) is 45.0 Å². The van der Waals surface area contributed by atoms with Crippen molar-refractivity contribution in [2.45, 2.75) is 89.4 Å². The monoisotopic (exact) mass is 849 g/mol. The van der Waals surface area contributed by atoms with Crippen LogP contribution in [-0.2, 0) is 79.1 Å². The van der Waals surface area contributed by atoms with Crippen molar-refractivity contribution < 1.29 is 43.1 Å². The number of nitrogens with one attached hydrogen (secondary N) is 1. The van der Waals surface area contributed by atoms with Crippen molar-refractivity contribution in [3.05, 3.63) is 209 Å². The quantitative estimate of drug-likeness (QED) is 0.0692. The minimum Gasteiger partial charge on any atom is -0.489 e. The zero-order valence-electron chi connectivity index (χ0n) is 35.5. The number of aliphatic carboxylic acids is 1. The molecule has 0 aromatic heterocycles. The van der Waals surface area contributed by atoms with E-state index in [0.29, 0.717) is 44.2 Å². The van der Waals surface area contributed by atoms with Crippen molar-refractivity contribution in [2.24, 2.45) is 0 Å². The minimum atomic E-state index is -1.12. The summed E-state index contributed by atoms with van der Waals surface area (Å²) < 4.78 is 40.9. The van der Waals surface area contributed by atoms with Crippen LogP contribution in [0.4, 0.5) is 0 Å². The lowest BCUT2D eigenvalue weighted by Crippen LogP contribution is -2.61. The summed E-state index contributed by atoms with van der Waals surface area (Å²) in [6.07, 6.45) is -2.56. The van der Waals surface area contributed by atoms with Crippen LogP contribution in [0, 0.1) is 0 Å². The molecule has 2 N–H and O–H groups in total. The van der Waals surface area contributed by atoms with Crippen molar-refractivity contribution in [2.75, 3.05) is 6.61 Å². The summed E-state index contributed by atoms with van der Waals surface area (Å²) in [7, 11) is 0. The average molecular weight is 850 g/mol. The predicted molar refractivity (Wildman–Crippen MR) is 240 cm³/mol. The molecule has 1 fully saturated rings. The number of carbonyl (C=O) groups excluding carboxylic acids is 1. The lowest BCUT2D eigenvalue weighted by Gasteiger charge is -2.46. The van der Waals surface area contributed by atoms with Gasteiger partial charge in [-0.15, -0.1) is 0 Å². The number of carboxylic acids is 1. The van der Waals surface area contributed by atoms with E-state index in [9.17, 15) is 14.7 Å². The third-order valence-corrected chi connectivity index (χ3v) is 10.9. The topological polar surface area (TPSA) is 122 Å². The first-order chi connectivity index (χ1) is 30.9. The van der Waals surface area contributed by atoms with E-state index in [-0.39, 0.29) is 19.6 Å². The third kappa shape index (κ3) is 13.7. The Balaban J connectivity index is 1.26. The number of ether oxygens (including phenoxy) is 6. The number of carboxylic acid groups (broad SMARTS) is 1. The van der Waals surface area contributed by atoms with Crippen molar-refractivity contribution in [1.29, 1.82) is 0 Å². The molecule has 1 amide bonds. The van der Waals surface area contributed by atoms with Crippen molar-refractivity contribution in [3.8, 4) is 5.75 Å². The number of benzene rings is 6. The summed E-state index contributed by atoms with van der Waals surface area (Å²) >= 11 is 0. The first kappa shape index (κ1) is 44.9. The second-order valence-electron chi connectivity index (χ2n) is 15.7. The van der Waals surface area contributed by atoms with Gasteiger partial charge in [0.25, 0.3) is 0 Å². The summed E-state index contributed by atoms with van der Waals surface area (Å²) in [5, 5.41) is 12.5. The molecule has 63 heavy (non-hydrogen) atoms. The van der Waals surface area contributed by atoms with Crippen LogP contribution < -0.4 is 10.1 Å². The van der Waals surface area contributed by atoms with E-state index in [0.717, 1.165) is 33.4 Å². The molecule has 326 valence electrons. The Labute approximate surface area is 369 Å². The Kier molecular flexibility index (Phi) is 16.6. The molecule has 6 aromatic carbocycles. The first-order valence-corrected chi connectivity index (χ1v) is 21.4. The number of hydrogen-bond donors (Lipinski definition) is 2. The van der Waals surface area contributed by atoms with Crippen LogP contribution in [0.3, 0.4) is 0 Å². The van der Waals surface area contributed by atoms with Gasteiger partial charge in [-0.1, -0.05) is 164 Å². The maximum absolute atomic E-state index is 12.2. The third-order valence-electron chi connectivity index (χ3n) is 10.9. The Bertz CT molecular complexity index is 2280. The highest BCUT2D eigenvalue weighted by atomic mass is 16.6. The Morgan fingerprint density at radius 3 is 1.48 bits per heavy atom. The first-order valence-electron chi connectivity index (χ1n) is 21.4. The molecule has 0 radical (unpaired) electrons. The van der Waals surface area contributed by atoms with E-state index in [1.165, 1.54) is 6.92 Å². The lowest BCUT2D eigenvalue weighted by molar-refractivity contribution is -0.272. The second kappa shape index (κ2) is 23.3. The molecule has 7 rings (SSSR count). The van der Waals surface area contributed by atoms with Crippen molar-refractivity contribution in [1.82, 2.24) is 5.32 Å². The van der Waals surface area contributed by atoms with Gasteiger partial charge in [-0.25, -0.2) is 4.79 Å². The summed E-state index contributed by atoms with van der Waals surface area (Å²) in [4.78, 5) is 24.1. The van der Waals surface area contributed by atoms with Gasteiger partial charge < -0.3 is 38.8 Å². The molecule has 0 bridgehead atoms. The van der Waals surface area contributed by atoms with E-state index in [1.807, 2.05) is 170 Å². The second-order valence-corrected chi connectivity index (χ2v) is 15.7. The lowest BCUT2D eigenvalue weighted by atomic mass is 9.90. The molecule has 6 aromatic rings. The standard InChI is InChI=1S/C53H55NO9/c1-38(55)54-46(53(56)57)29-44-27-28-45(47(30-44)59-33-40-19-9-3-10-20-40)31-48-50(60-34-41-21-11-4-12-22-41)52(62-36-43-25-15-6-16-26-43)51(61-35-42-23-13-5-14-24-42)49(63-48)37-58-32-39-17-7-2-8-18-39/h2-28,30,46,48-52H,29,31-37H2,1H3,(H,54,55)(H,56,57)/t46?,48-,49+,50-,51+,52+/m0/s1. The normalized spacial score (nSPS) is 18.9. The molecule has 1 aliphatic heterocycles. The van der Waals surface area contributed by atoms with Gasteiger partial charge in [-0.3, -0.25) is 4.79 Å². The zero-order valence-corrected chi connectivity index (χ0v) is 35.5. The molecule has 1 heterocycles. The van der Waals surface area contributed by atoms with Crippen LogP contribution in [-0.4, -0.2) is 60.2 Å². The van der Waals surface area contributed by atoms with E-state index < -0.39 is 48.4 Å². The fourth-order valence-electron chi connectivity index (χ4n) is 7.71. The Morgan fingerprint density at radius 1 is 0.556 bits per heavy atom. The fourth-order valence-corrected chi connectivity index (χ4v) is 7.71. The summed E-state index contributed by atoms with van der Waals surface area (Å²) in [6.45, 7) is 3.12. The van der Waals surface area contributed by atoms with Crippen LogP contribution >= 0.6 is 0 Å². The molecule has 10 nitrogen and oxygen atoms in total. The van der Waals surface area contributed by atoms with Crippen LogP contribution in [0.2, 0.25) is 0 Å². The SMILES string of the molecule is CC(=O)NC(Cc1ccc(C[C@@H]2O[C@H](COCc3ccccc3)[C@@H](OCc3ccccc3)[C@H](OCc3ccccc3)[C@H]2OCc2ccccc2)c(OCc2ccccc2)c1)C(=O)O. The Morgan fingerprint density at radius 2 is 1.00 bits per heavy atom. The molecule has 1 saturated heterocycles. The molecule has 0 saturated carbocycles. The van der Waals surface area contributed by atoms with Gasteiger partial charge in [0.2, 0.25) is 5.91 Å². The van der Waals surface area contributed by atoms with E-state index in [4.69, 9.17) is 28.4 Å². The van der Waals surface area contributed by atoms with E-state index in [1.54, 1.807) is 0 Å². The highest BCUT2D eigenvalue weighted by Crippen LogP contribution is 2.35. The van der Waals surface area contributed by atoms with Gasteiger partial charge in [0.15, 0.2) is 0 Å².